The highest BCUT2D eigenvalue weighted by Gasteiger charge is 2.29. The third-order valence-corrected chi connectivity index (χ3v) is 5.62. The fraction of sp³-hybridized carbons (Fsp3) is 0.214. The van der Waals surface area contributed by atoms with Gasteiger partial charge in [0.2, 0.25) is 0 Å². The standard InChI is InChI=1S/C28H27NO6/c1-4-15-33-25-22(27(30)31)13-14-24(26(25)35-17(2)3)29-28(32)34-16-23-20-11-7-5-9-18(20)19-10-6-8-12-21(19)23/h4-14,17,23H,1,15-16H2,2-3H3,(H,29,32)(H,30,31). The van der Waals surface area contributed by atoms with Gasteiger partial charge in [-0.3, -0.25) is 5.32 Å². The highest BCUT2D eigenvalue weighted by molar-refractivity contribution is 5.96. The maximum Gasteiger partial charge on any atom is 0.411 e. The molecule has 7 heteroatoms. The van der Waals surface area contributed by atoms with Gasteiger partial charge in [0.15, 0.2) is 11.5 Å². The quantitative estimate of drug-likeness (QED) is 0.365. The van der Waals surface area contributed by atoms with Crippen molar-refractivity contribution in [1.29, 1.82) is 0 Å². The van der Waals surface area contributed by atoms with Gasteiger partial charge in [-0.25, -0.2) is 9.59 Å². The van der Waals surface area contributed by atoms with E-state index < -0.39 is 12.1 Å². The van der Waals surface area contributed by atoms with E-state index in [-0.39, 0.29) is 48.0 Å². The smallest absolute Gasteiger partial charge is 0.411 e. The number of carbonyl (C=O) groups excluding carboxylic acids is 1. The van der Waals surface area contributed by atoms with E-state index in [1.807, 2.05) is 36.4 Å². The molecule has 0 spiro atoms. The molecule has 0 heterocycles. The van der Waals surface area contributed by atoms with Gasteiger partial charge in [-0.2, -0.15) is 0 Å². The molecular weight excluding hydrogens is 446 g/mol. The zero-order valence-electron chi connectivity index (χ0n) is 19.6. The van der Waals surface area contributed by atoms with Gasteiger partial charge < -0.3 is 19.3 Å². The number of carboxylic acid groups (broad SMARTS) is 1. The summed E-state index contributed by atoms with van der Waals surface area (Å²) in [6.07, 6.45) is 0.516. The molecular formula is C28H27NO6. The Balaban J connectivity index is 1.56. The number of hydrogen-bond donors (Lipinski definition) is 2. The van der Waals surface area contributed by atoms with Gasteiger partial charge in [0.25, 0.3) is 0 Å². The molecule has 0 aliphatic heterocycles. The summed E-state index contributed by atoms with van der Waals surface area (Å²) in [6, 6.07) is 19.0. The summed E-state index contributed by atoms with van der Waals surface area (Å²) in [5, 5.41) is 12.3. The second-order valence-corrected chi connectivity index (χ2v) is 8.34. The summed E-state index contributed by atoms with van der Waals surface area (Å²) in [5.41, 5.74) is 4.66. The number of amides is 1. The first kappa shape index (κ1) is 23.9. The average Bonchev–Trinajstić information content (AvgIpc) is 3.16. The second kappa shape index (κ2) is 10.3. The van der Waals surface area contributed by atoms with E-state index >= 15 is 0 Å². The molecule has 0 atom stereocenters. The van der Waals surface area contributed by atoms with Crippen molar-refractivity contribution in [3.63, 3.8) is 0 Å². The van der Waals surface area contributed by atoms with Crippen LogP contribution >= 0.6 is 0 Å². The van der Waals surface area contributed by atoms with Gasteiger partial charge in [0, 0.05) is 5.92 Å². The van der Waals surface area contributed by atoms with Crippen molar-refractivity contribution in [3.8, 4) is 22.6 Å². The molecule has 1 aliphatic carbocycles. The lowest BCUT2D eigenvalue weighted by molar-refractivity contribution is 0.0691. The first-order chi connectivity index (χ1) is 16.9. The number of hydrogen-bond acceptors (Lipinski definition) is 5. The Bertz CT molecular complexity index is 1220. The lowest BCUT2D eigenvalue weighted by Crippen LogP contribution is -2.19. The number of carboxylic acids is 1. The summed E-state index contributed by atoms with van der Waals surface area (Å²) in [6.45, 7) is 7.41. The Morgan fingerprint density at radius 2 is 1.63 bits per heavy atom. The van der Waals surface area contributed by atoms with Crippen molar-refractivity contribution in [3.05, 3.63) is 90.0 Å². The van der Waals surface area contributed by atoms with Gasteiger partial charge in [0.1, 0.15) is 18.8 Å². The first-order valence-electron chi connectivity index (χ1n) is 11.3. The van der Waals surface area contributed by atoms with Crippen LogP contribution in [0.4, 0.5) is 10.5 Å². The molecule has 0 saturated carbocycles. The number of benzene rings is 3. The summed E-state index contributed by atoms with van der Waals surface area (Å²) in [4.78, 5) is 24.5. The molecule has 0 saturated heterocycles. The lowest BCUT2D eigenvalue weighted by atomic mass is 9.98. The van der Waals surface area contributed by atoms with Crippen LogP contribution in [0.2, 0.25) is 0 Å². The highest BCUT2D eigenvalue weighted by atomic mass is 16.6. The molecule has 1 aliphatic rings. The summed E-state index contributed by atoms with van der Waals surface area (Å²) in [5.74, 6) is -1.12. The summed E-state index contributed by atoms with van der Waals surface area (Å²) < 4.78 is 17.1. The fourth-order valence-corrected chi connectivity index (χ4v) is 4.21. The van der Waals surface area contributed by atoms with E-state index in [2.05, 4.69) is 24.0 Å². The topological polar surface area (TPSA) is 94.1 Å². The number of carbonyl (C=O) groups is 2. The van der Waals surface area contributed by atoms with Crippen LogP contribution in [0.3, 0.4) is 0 Å². The van der Waals surface area contributed by atoms with Gasteiger partial charge in [0.05, 0.1) is 11.8 Å². The molecule has 35 heavy (non-hydrogen) atoms. The number of rotatable bonds is 9. The maximum absolute atomic E-state index is 12.8. The Labute approximate surface area is 204 Å². The van der Waals surface area contributed by atoms with Gasteiger partial charge in [-0.1, -0.05) is 61.2 Å². The van der Waals surface area contributed by atoms with Crippen molar-refractivity contribution >= 4 is 17.7 Å². The van der Waals surface area contributed by atoms with Crippen LogP contribution in [-0.4, -0.2) is 36.5 Å². The SMILES string of the molecule is C=CCOc1c(C(=O)O)ccc(NC(=O)OCC2c3ccccc3-c3ccccc32)c1OC(C)C. The fourth-order valence-electron chi connectivity index (χ4n) is 4.21. The number of anilines is 1. The van der Waals surface area contributed by atoms with Gasteiger partial charge in [-0.15, -0.1) is 0 Å². The van der Waals surface area contributed by atoms with E-state index in [4.69, 9.17) is 14.2 Å². The van der Waals surface area contributed by atoms with Gasteiger partial charge in [-0.05, 0) is 48.2 Å². The largest absolute Gasteiger partial charge is 0.485 e. The average molecular weight is 474 g/mol. The van der Waals surface area contributed by atoms with E-state index in [0.717, 1.165) is 22.3 Å². The molecule has 7 nitrogen and oxygen atoms in total. The van der Waals surface area contributed by atoms with Crippen molar-refractivity contribution < 1.29 is 28.9 Å². The van der Waals surface area contributed by atoms with Crippen molar-refractivity contribution in [2.45, 2.75) is 25.9 Å². The Morgan fingerprint density at radius 3 is 2.20 bits per heavy atom. The molecule has 0 radical (unpaired) electrons. The van der Waals surface area contributed by atoms with Crippen LogP contribution in [0, 0.1) is 0 Å². The van der Waals surface area contributed by atoms with Crippen molar-refractivity contribution in [2.24, 2.45) is 0 Å². The first-order valence-corrected chi connectivity index (χ1v) is 11.3. The van der Waals surface area contributed by atoms with E-state index in [1.165, 1.54) is 18.2 Å². The zero-order valence-corrected chi connectivity index (χ0v) is 19.6. The number of fused-ring (bicyclic) bond motifs is 3. The van der Waals surface area contributed by atoms with Gasteiger partial charge >= 0.3 is 12.1 Å². The minimum absolute atomic E-state index is 0.0162. The number of aromatic carboxylic acids is 1. The zero-order chi connectivity index (χ0) is 24.9. The highest BCUT2D eigenvalue weighted by Crippen LogP contribution is 2.45. The molecule has 0 aromatic heterocycles. The van der Waals surface area contributed by atoms with E-state index in [0.29, 0.717) is 0 Å². The predicted molar refractivity (Wildman–Crippen MR) is 134 cm³/mol. The summed E-state index contributed by atoms with van der Waals surface area (Å²) in [7, 11) is 0. The van der Waals surface area contributed by atoms with Crippen LogP contribution in [0.5, 0.6) is 11.5 Å². The molecule has 0 unspecified atom stereocenters. The normalized spacial score (nSPS) is 12.0. The predicted octanol–water partition coefficient (Wildman–Crippen LogP) is 6.10. The van der Waals surface area contributed by atoms with Crippen LogP contribution in [0.15, 0.2) is 73.3 Å². The number of ether oxygens (including phenoxy) is 3. The maximum atomic E-state index is 12.8. The molecule has 1 amide bonds. The van der Waals surface area contributed by atoms with Crippen LogP contribution in [-0.2, 0) is 4.74 Å². The van der Waals surface area contributed by atoms with Crippen molar-refractivity contribution in [2.75, 3.05) is 18.5 Å². The van der Waals surface area contributed by atoms with E-state index in [1.54, 1.807) is 13.8 Å². The molecule has 2 N–H and O–H groups in total. The Kier molecular flexibility index (Phi) is 7.06. The summed E-state index contributed by atoms with van der Waals surface area (Å²) >= 11 is 0. The number of nitrogens with one attached hydrogen (secondary N) is 1. The molecule has 3 aromatic carbocycles. The molecule has 3 aromatic rings. The lowest BCUT2D eigenvalue weighted by Gasteiger charge is -2.20. The minimum Gasteiger partial charge on any atom is -0.485 e. The third-order valence-electron chi connectivity index (χ3n) is 5.62. The van der Waals surface area contributed by atoms with Crippen LogP contribution in [0.25, 0.3) is 11.1 Å². The van der Waals surface area contributed by atoms with Crippen LogP contribution in [0.1, 0.15) is 41.3 Å². The Morgan fingerprint density at radius 1 is 1.00 bits per heavy atom. The van der Waals surface area contributed by atoms with E-state index in [9.17, 15) is 14.7 Å². The molecule has 180 valence electrons. The Hall–Kier alpha value is -4.26. The molecule has 0 fully saturated rings. The second-order valence-electron chi connectivity index (χ2n) is 8.34. The minimum atomic E-state index is -1.18. The molecule has 0 bridgehead atoms. The van der Waals surface area contributed by atoms with Crippen LogP contribution < -0.4 is 14.8 Å². The molecule has 4 rings (SSSR count). The van der Waals surface area contributed by atoms with Crippen molar-refractivity contribution in [1.82, 2.24) is 0 Å². The monoisotopic (exact) mass is 473 g/mol. The third kappa shape index (κ3) is 4.99.